The summed E-state index contributed by atoms with van der Waals surface area (Å²) in [7, 11) is 3.19. The van der Waals surface area contributed by atoms with E-state index >= 15 is 0 Å². The number of benzene rings is 1. The molecule has 1 aliphatic rings. The highest BCUT2D eigenvalue weighted by Crippen LogP contribution is 2.34. The lowest BCUT2D eigenvalue weighted by molar-refractivity contribution is -0.117. The highest BCUT2D eigenvalue weighted by Gasteiger charge is 2.29. The van der Waals surface area contributed by atoms with Gasteiger partial charge in [0, 0.05) is 24.2 Å². The van der Waals surface area contributed by atoms with Crippen LogP contribution in [-0.4, -0.2) is 26.2 Å². The maximum Gasteiger partial charge on any atom is 0.227 e. The van der Waals surface area contributed by atoms with Crippen molar-refractivity contribution in [2.45, 2.75) is 25.8 Å². The molecule has 1 heterocycles. The van der Waals surface area contributed by atoms with Crippen molar-refractivity contribution >= 4 is 11.6 Å². The summed E-state index contributed by atoms with van der Waals surface area (Å²) in [6, 6.07) is 5.81. The molecule has 1 atom stereocenters. The monoisotopic (exact) mass is 235 g/mol. The second kappa shape index (κ2) is 4.65. The number of carbonyl (C=O) groups is 1. The SMILES string of the molecule is COc1ccc(N2C(=O)CCC2C)cc1OC. The van der Waals surface area contributed by atoms with E-state index in [9.17, 15) is 4.79 Å². The van der Waals surface area contributed by atoms with Gasteiger partial charge in [0.25, 0.3) is 0 Å². The fourth-order valence-corrected chi connectivity index (χ4v) is 2.20. The van der Waals surface area contributed by atoms with Crippen LogP contribution in [0.2, 0.25) is 0 Å². The van der Waals surface area contributed by atoms with E-state index in [0.717, 1.165) is 12.1 Å². The Labute approximate surface area is 101 Å². The molecule has 4 nitrogen and oxygen atoms in total. The Balaban J connectivity index is 2.36. The molecule has 0 N–H and O–H groups in total. The zero-order chi connectivity index (χ0) is 12.4. The first kappa shape index (κ1) is 11.8. The van der Waals surface area contributed by atoms with Gasteiger partial charge in [0.05, 0.1) is 14.2 Å². The molecule has 1 aliphatic heterocycles. The van der Waals surface area contributed by atoms with Gasteiger partial charge in [-0.2, -0.15) is 0 Å². The smallest absolute Gasteiger partial charge is 0.227 e. The van der Waals surface area contributed by atoms with Gasteiger partial charge in [0.1, 0.15) is 0 Å². The number of rotatable bonds is 3. The number of amides is 1. The third kappa shape index (κ3) is 2.07. The van der Waals surface area contributed by atoms with E-state index in [1.165, 1.54) is 0 Å². The van der Waals surface area contributed by atoms with Gasteiger partial charge in [0.2, 0.25) is 5.91 Å². The second-order valence-electron chi connectivity index (χ2n) is 4.19. The predicted molar refractivity (Wildman–Crippen MR) is 65.7 cm³/mol. The van der Waals surface area contributed by atoms with Crippen molar-refractivity contribution in [2.24, 2.45) is 0 Å². The summed E-state index contributed by atoms with van der Waals surface area (Å²) in [4.78, 5) is 13.6. The molecule has 1 aromatic rings. The standard InChI is InChI=1S/C13H17NO3/c1-9-4-7-13(15)14(9)10-5-6-11(16-2)12(8-10)17-3/h5-6,8-9H,4,7H2,1-3H3. The van der Waals surface area contributed by atoms with Crippen LogP contribution in [0, 0.1) is 0 Å². The lowest BCUT2D eigenvalue weighted by atomic mass is 10.2. The van der Waals surface area contributed by atoms with E-state index in [2.05, 4.69) is 6.92 Å². The van der Waals surface area contributed by atoms with Gasteiger partial charge in [-0.25, -0.2) is 0 Å². The van der Waals surface area contributed by atoms with Crippen molar-refractivity contribution in [1.82, 2.24) is 0 Å². The molecule has 0 aromatic heterocycles. The molecular formula is C13H17NO3. The highest BCUT2D eigenvalue weighted by atomic mass is 16.5. The minimum atomic E-state index is 0.171. The lowest BCUT2D eigenvalue weighted by Gasteiger charge is -2.22. The average molecular weight is 235 g/mol. The zero-order valence-corrected chi connectivity index (χ0v) is 10.4. The number of nitrogens with zero attached hydrogens (tertiary/aromatic N) is 1. The topological polar surface area (TPSA) is 38.8 Å². The summed E-state index contributed by atoms with van der Waals surface area (Å²) in [5.74, 6) is 1.50. The van der Waals surface area contributed by atoms with Crippen molar-refractivity contribution in [3.8, 4) is 11.5 Å². The first-order valence-corrected chi connectivity index (χ1v) is 5.71. The molecule has 0 spiro atoms. The van der Waals surface area contributed by atoms with Crippen LogP contribution in [0.4, 0.5) is 5.69 Å². The molecule has 0 bridgehead atoms. The van der Waals surface area contributed by atoms with Crippen molar-refractivity contribution in [1.29, 1.82) is 0 Å². The van der Waals surface area contributed by atoms with E-state index in [0.29, 0.717) is 17.9 Å². The molecule has 17 heavy (non-hydrogen) atoms. The summed E-state index contributed by atoms with van der Waals surface area (Å²) in [5.41, 5.74) is 0.873. The van der Waals surface area contributed by atoms with Crippen LogP contribution in [0.1, 0.15) is 19.8 Å². The van der Waals surface area contributed by atoms with Crippen LogP contribution >= 0.6 is 0 Å². The van der Waals surface area contributed by atoms with E-state index in [1.54, 1.807) is 14.2 Å². The van der Waals surface area contributed by atoms with Crippen molar-refractivity contribution < 1.29 is 14.3 Å². The van der Waals surface area contributed by atoms with Crippen LogP contribution in [-0.2, 0) is 4.79 Å². The Morgan fingerprint density at radius 3 is 2.47 bits per heavy atom. The number of hydrogen-bond acceptors (Lipinski definition) is 3. The first-order valence-electron chi connectivity index (χ1n) is 5.71. The van der Waals surface area contributed by atoms with E-state index in [-0.39, 0.29) is 11.9 Å². The predicted octanol–water partition coefficient (Wildman–Crippen LogP) is 2.22. The van der Waals surface area contributed by atoms with Gasteiger partial charge in [-0.15, -0.1) is 0 Å². The van der Waals surface area contributed by atoms with Gasteiger partial charge in [-0.1, -0.05) is 0 Å². The second-order valence-corrected chi connectivity index (χ2v) is 4.19. The number of ether oxygens (including phenoxy) is 2. The molecular weight excluding hydrogens is 218 g/mol. The number of carbonyl (C=O) groups excluding carboxylic acids is 1. The summed E-state index contributed by atoms with van der Waals surface area (Å²) in [6.45, 7) is 2.06. The summed E-state index contributed by atoms with van der Waals surface area (Å²) < 4.78 is 10.4. The Bertz CT molecular complexity index is 431. The molecule has 1 amide bonds. The maximum absolute atomic E-state index is 11.8. The molecule has 1 unspecified atom stereocenters. The van der Waals surface area contributed by atoms with Crippen molar-refractivity contribution in [3.05, 3.63) is 18.2 Å². The minimum Gasteiger partial charge on any atom is -0.493 e. The molecule has 0 radical (unpaired) electrons. The summed E-state index contributed by atoms with van der Waals surface area (Å²) >= 11 is 0. The fourth-order valence-electron chi connectivity index (χ4n) is 2.20. The molecule has 1 fully saturated rings. The van der Waals surface area contributed by atoms with Crippen molar-refractivity contribution in [2.75, 3.05) is 19.1 Å². The Morgan fingerprint density at radius 2 is 1.94 bits per heavy atom. The summed E-state index contributed by atoms with van der Waals surface area (Å²) in [5, 5.41) is 0. The largest absolute Gasteiger partial charge is 0.493 e. The van der Waals surface area contributed by atoms with Crippen LogP contribution in [0.25, 0.3) is 0 Å². The van der Waals surface area contributed by atoms with Gasteiger partial charge in [-0.3, -0.25) is 4.79 Å². The molecule has 4 heteroatoms. The number of hydrogen-bond donors (Lipinski definition) is 0. The molecule has 0 saturated carbocycles. The Kier molecular flexibility index (Phi) is 3.22. The fraction of sp³-hybridized carbons (Fsp3) is 0.462. The third-order valence-corrected chi connectivity index (χ3v) is 3.13. The summed E-state index contributed by atoms with van der Waals surface area (Å²) in [6.07, 6.45) is 1.53. The van der Waals surface area contributed by atoms with Gasteiger partial charge < -0.3 is 14.4 Å². The van der Waals surface area contributed by atoms with Crippen LogP contribution in [0.3, 0.4) is 0 Å². The normalized spacial score (nSPS) is 19.6. The van der Waals surface area contributed by atoms with Crippen molar-refractivity contribution in [3.63, 3.8) is 0 Å². The molecule has 1 aromatic carbocycles. The molecule has 1 saturated heterocycles. The molecule has 0 aliphatic carbocycles. The quantitative estimate of drug-likeness (QED) is 0.806. The van der Waals surface area contributed by atoms with Crippen LogP contribution in [0.15, 0.2) is 18.2 Å². The van der Waals surface area contributed by atoms with E-state index in [4.69, 9.17) is 9.47 Å². The molecule has 92 valence electrons. The lowest BCUT2D eigenvalue weighted by Crippen LogP contribution is -2.30. The molecule has 2 rings (SSSR count). The maximum atomic E-state index is 11.8. The van der Waals surface area contributed by atoms with Gasteiger partial charge >= 0.3 is 0 Å². The average Bonchev–Trinajstić information content (AvgIpc) is 2.68. The third-order valence-electron chi connectivity index (χ3n) is 3.13. The minimum absolute atomic E-state index is 0.171. The highest BCUT2D eigenvalue weighted by molar-refractivity contribution is 5.96. The van der Waals surface area contributed by atoms with E-state index in [1.807, 2.05) is 23.1 Å². The number of methoxy groups -OCH3 is 2. The van der Waals surface area contributed by atoms with E-state index < -0.39 is 0 Å². The first-order chi connectivity index (χ1) is 8.17. The Morgan fingerprint density at radius 1 is 1.24 bits per heavy atom. The van der Waals surface area contributed by atoms with Crippen LogP contribution in [0.5, 0.6) is 11.5 Å². The van der Waals surface area contributed by atoms with Crippen LogP contribution < -0.4 is 14.4 Å². The van der Waals surface area contributed by atoms with Gasteiger partial charge in [-0.05, 0) is 25.5 Å². The number of anilines is 1. The zero-order valence-electron chi connectivity index (χ0n) is 10.4. The van der Waals surface area contributed by atoms with Gasteiger partial charge in [0.15, 0.2) is 11.5 Å². The Hall–Kier alpha value is -1.71.